The van der Waals surface area contributed by atoms with E-state index in [-0.39, 0.29) is 22.3 Å². The number of esters is 4. The second kappa shape index (κ2) is 5.17. The molecular formula is C17H8O8. The van der Waals surface area contributed by atoms with E-state index < -0.39 is 30.0 Å². The lowest BCUT2D eigenvalue weighted by Crippen LogP contribution is -2.45. The summed E-state index contributed by atoms with van der Waals surface area (Å²) in [6, 6.07) is 11.3. The minimum atomic E-state index is -2.93. The molecule has 25 heavy (non-hydrogen) atoms. The SMILES string of the molecule is O=C1OC2(OC(=O)c3ccccc31)OC(=O)c1ccccc1C(=O)O2. The molecule has 2 aliphatic heterocycles. The summed E-state index contributed by atoms with van der Waals surface area (Å²) in [7, 11) is 0. The van der Waals surface area contributed by atoms with Crippen LogP contribution in [0.2, 0.25) is 0 Å². The number of carbonyl (C=O) groups excluding carboxylic acids is 4. The van der Waals surface area contributed by atoms with Crippen molar-refractivity contribution in [1.29, 1.82) is 0 Å². The molecule has 0 radical (unpaired) electrons. The van der Waals surface area contributed by atoms with E-state index in [1.54, 1.807) is 0 Å². The third-order valence-corrected chi connectivity index (χ3v) is 3.60. The Hall–Kier alpha value is -3.68. The second-order valence-corrected chi connectivity index (χ2v) is 5.15. The van der Waals surface area contributed by atoms with Crippen molar-refractivity contribution in [3.63, 3.8) is 0 Å². The van der Waals surface area contributed by atoms with Crippen molar-refractivity contribution < 1.29 is 38.1 Å². The zero-order valence-corrected chi connectivity index (χ0v) is 12.4. The number of fused-ring (bicyclic) bond motifs is 2. The van der Waals surface area contributed by atoms with Gasteiger partial charge < -0.3 is 18.9 Å². The third kappa shape index (κ3) is 2.31. The standard InChI is InChI=1S/C17H8O8/c18-13-9-5-1-2-6-10(9)14(19)23-17(22-13)24-15(20)11-7-3-4-8-12(11)16(21)25-17/h1-8H. The van der Waals surface area contributed by atoms with Gasteiger partial charge in [0.2, 0.25) is 0 Å². The fourth-order valence-corrected chi connectivity index (χ4v) is 2.48. The molecule has 0 saturated carbocycles. The highest BCUT2D eigenvalue weighted by Gasteiger charge is 2.55. The summed E-state index contributed by atoms with van der Waals surface area (Å²) in [6.07, 6.45) is -2.93. The van der Waals surface area contributed by atoms with Crippen molar-refractivity contribution >= 4 is 23.9 Å². The molecule has 2 heterocycles. The average Bonchev–Trinajstić information content (AvgIpc) is 2.76. The van der Waals surface area contributed by atoms with Crippen LogP contribution in [0, 0.1) is 0 Å². The Bertz CT molecular complexity index is 790. The van der Waals surface area contributed by atoms with E-state index in [0.717, 1.165) is 0 Å². The zero-order valence-electron chi connectivity index (χ0n) is 12.4. The fourth-order valence-electron chi connectivity index (χ4n) is 2.48. The highest BCUT2D eigenvalue weighted by molar-refractivity contribution is 6.06. The number of ether oxygens (including phenoxy) is 4. The predicted octanol–water partition coefficient (Wildman–Crippen LogP) is 1.65. The van der Waals surface area contributed by atoms with E-state index in [9.17, 15) is 19.2 Å². The van der Waals surface area contributed by atoms with Gasteiger partial charge in [0.15, 0.2) is 0 Å². The maximum atomic E-state index is 12.3. The highest BCUT2D eigenvalue weighted by atomic mass is 17.0. The molecule has 0 aromatic heterocycles. The molecule has 0 atom stereocenters. The lowest BCUT2D eigenvalue weighted by Gasteiger charge is -2.24. The Kier molecular flexibility index (Phi) is 3.08. The topological polar surface area (TPSA) is 105 Å². The largest absolute Gasteiger partial charge is 0.620 e. The molecular weight excluding hydrogens is 332 g/mol. The summed E-state index contributed by atoms with van der Waals surface area (Å²) < 4.78 is 19.7. The van der Waals surface area contributed by atoms with Gasteiger partial charge in [-0.2, -0.15) is 0 Å². The number of benzene rings is 2. The number of carbonyl (C=O) groups is 4. The summed E-state index contributed by atoms with van der Waals surface area (Å²) in [5.74, 6) is -4.19. The lowest BCUT2D eigenvalue weighted by atomic mass is 10.1. The van der Waals surface area contributed by atoms with Crippen LogP contribution in [0.4, 0.5) is 0 Å². The molecule has 0 aliphatic carbocycles. The maximum absolute atomic E-state index is 12.3. The van der Waals surface area contributed by atoms with Crippen LogP contribution < -0.4 is 0 Å². The van der Waals surface area contributed by atoms with Crippen LogP contribution in [-0.2, 0) is 18.9 Å². The Balaban J connectivity index is 1.79. The van der Waals surface area contributed by atoms with Gasteiger partial charge in [-0.25, -0.2) is 19.2 Å². The molecule has 8 nitrogen and oxygen atoms in total. The van der Waals surface area contributed by atoms with Gasteiger partial charge in [-0.05, 0) is 24.3 Å². The maximum Gasteiger partial charge on any atom is 0.620 e. The molecule has 2 aromatic rings. The summed E-state index contributed by atoms with van der Waals surface area (Å²) in [5, 5.41) is 0. The minimum absolute atomic E-state index is 0.113. The number of hydrogen-bond donors (Lipinski definition) is 0. The first-order valence-electron chi connectivity index (χ1n) is 7.10. The van der Waals surface area contributed by atoms with E-state index in [2.05, 4.69) is 0 Å². The summed E-state index contributed by atoms with van der Waals surface area (Å²) >= 11 is 0. The van der Waals surface area contributed by atoms with E-state index in [0.29, 0.717) is 0 Å². The van der Waals surface area contributed by atoms with Crippen LogP contribution in [0.5, 0.6) is 0 Å². The predicted molar refractivity (Wildman–Crippen MR) is 77.3 cm³/mol. The summed E-state index contributed by atoms with van der Waals surface area (Å²) in [4.78, 5) is 49.1. The van der Waals surface area contributed by atoms with Crippen LogP contribution in [0.15, 0.2) is 48.5 Å². The average molecular weight is 340 g/mol. The number of rotatable bonds is 0. The van der Waals surface area contributed by atoms with E-state index in [1.807, 2.05) is 0 Å². The van der Waals surface area contributed by atoms with Gasteiger partial charge in [0.05, 0.1) is 22.3 Å². The van der Waals surface area contributed by atoms with Gasteiger partial charge in [-0.3, -0.25) is 0 Å². The molecule has 0 fully saturated rings. The van der Waals surface area contributed by atoms with Gasteiger partial charge in [-0.15, -0.1) is 0 Å². The van der Waals surface area contributed by atoms with Crippen molar-refractivity contribution in [2.45, 2.75) is 6.16 Å². The molecule has 0 N–H and O–H groups in total. The van der Waals surface area contributed by atoms with Crippen molar-refractivity contribution in [1.82, 2.24) is 0 Å². The molecule has 2 aliphatic rings. The van der Waals surface area contributed by atoms with Gasteiger partial charge in [0, 0.05) is 0 Å². The molecule has 124 valence electrons. The first-order valence-corrected chi connectivity index (χ1v) is 7.10. The molecule has 0 amide bonds. The van der Waals surface area contributed by atoms with Crippen molar-refractivity contribution in [2.75, 3.05) is 0 Å². The molecule has 1 spiro atoms. The molecule has 4 rings (SSSR count). The quantitative estimate of drug-likeness (QED) is 0.667. The van der Waals surface area contributed by atoms with Crippen LogP contribution in [0.25, 0.3) is 0 Å². The van der Waals surface area contributed by atoms with Crippen LogP contribution in [0.1, 0.15) is 41.4 Å². The fraction of sp³-hybridized carbons (Fsp3) is 0.0588. The smallest absolute Gasteiger partial charge is 0.348 e. The Labute approximate surface area is 139 Å². The molecule has 0 bridgehead atoms. The van der Waals surface area contributed by atoms with Crippen molar-refractivity contribution in [2.24, 2.45) is 0 Å². The van der Waals surface area contributed by atoms with Crippen molar-refractivity contribution in [3.8, 4) is 0 Å². The van der Waals surface area contributed by atoms with Gasteiger partial charge in [0.25, 0.3) is 0 Å². The Morgan fingerprint density at radius 1 is 0.480 bits per heavy atom. The molecule has 0 saturated heterocycles. The number of hydrogen-bond acceptors (Lipinski definition) is 8. The van der Waals surface area contributed by atoms with Crippen LogP contribution in [-0.4, -0.2) is 30.0 Å². The normalized spacial score (nSPS) is 17.9. The van der Waals surface area contributed by atoms with Gasteiger partial charge >= 0.3 is 30.0 Å². The second-order valence-electron chi connectivity index (χ2n) is 5.15. The highest BCUT2D eigenvalue weighted by Crippen LogP contribution is 2.32. The molecule has 8 heteroatoms. The first kappa shape index (κ1) is 14.9. The van der Waals surface area contributed by atoms with Gasteiger partial charge in [-0.1, -0.05) is 24.3 Å². The summed E-state index contributed by atoms with van der Waals surface area (Å²) in [5.41, 5.74) is -0.451. The van der Waals surface area contributed by atoms with E-state index in [1.165, 1.54) is 48.5 Å². The van der Waals surface area contributed by atoms with E-state index >= 15 is 0 Å². The first-order chi connectivity index (χ1) is 12.0. The molecule has 0 unspecified atom stereocenters. The van der Waals surface area contributed by atoms with Gasteiger partial charge in [0.1, 0.15) is 0 Å². The van der Waals surface area contributed by atoms with Crippen LogP contribution in [0.3, 0.4) is 0 Å². The minimum Gasteiger partial charge on any atom is -0.348 e. The third-order valence-electron chi connectivity index (χ3n) is 3.60. The Morgan fingerprint density at radius 2 is 0.720 bits per heavy atom. The van der Waals surface area contributed by atoms with Crippen molar-refractivity contribution in [3.05, 3.63) is 70.8 Å². The summed E-state index contributed by atoms with van der Waals surface area (Å²) in [6.45, 7) is 0. The Morgan fingerprint density at radius 3 is 0.960 bits per heavy atom. The lowest BCUT2D eigenvalue weighted by molar-refractivity contribution is -0.411. The van der Waals surface area contributed by atoms with E-state index in [4.69, 9.17) is 18.9 Å². The molecule has 2 aromatic carbocycles. The van der Waals surface area contributed by atoms with Crippen LogP contribution >= 0.6 is 0 Å². The monoisotopic (exact) mass is 340 g/mol. The zero-order chi connectivity index (χ0) is 17.6.